The summed E-state index contributed by atoms with van der Waals surface area (Å²) in [6.45, 7) is 11.4. The van der Waals surface area contributed by atoms with Crippen molar-refractivity contribution in [1.82, 2.24) is 15.5 Å². The van der Waals surface area contributed by atoms with Crippen LogP contribution in [0, 0.1) is 12.8 Å². The molecular weight excluding hydrogens is 455 g/mol. The van der Waals surface area contributed by atoms with Crippen molar-refractivity contribution >= 4 is 35.8 Å². The van der Waals surface area contributed by atoms with Gasteiger partial charge >= 0.3 is 0 Å². The number of hydrogen-bond acceptors (Lipinski definition) is 3. The fraction of sp³-hybridized carbons (Fsp3) is 0.600. The lowest BCUT2D eigenvalue weighted by Crippen LogP contribution is -2.45. The molecule has 0 spiro atoms. The van der Waals surface area contributed by atoms with Gasteiger partial charge in [0.15, 0.2) is 5.96 Å². The molecule has 6 nitrogen and oxygen atoms in total. The molecule has 0 aliphatic carbocycles. The van der Waals surface area contributed by atoms with Gasteiger partial charge in [-0.15, -0.1) is 24.0 Å². The summed E-state index contributed by atoms with van der Waals surface area (Å²) < 4.78 is 5.79. The Hall–Kier alpha value is -1.51. The van der Waals surface area contributed by atoms with E-state index in [1.807, 2.05) is 56.9 Å². The van der Waals surface area contributed by atoms with Gasteiger partial charge in [-0.25, -0.2) is 4.99 Å². The third kappa shape index (κ3) is 7.56. The van der Waals surface area contributed by atoms with Crippen molar-refractivity contribution in [3.8, 4) is 5.75 Å². The number of ether oxygens (including phenoxy) is 1. The Kier molecular flexibility index (Phi) is 10.5. The monoisotopic (exact) mass is 488 g/mol. The number of nitrogens with one attached hydrogen (secondary N) is 2. The summed E-state index contributed by atoms with van der Waals surface area (Å²) in [7, 11) is 0. The first-order valence-electron chi connectivity index (χ1n) is 9.53. The van der Waals surface area contributed by atoms with E-state index < -0.39 is 0 Å². The Balaban J connectivity index is 0.00000364. The maximum Gasteiger partial charge on any atom is 0.225 e. The normalized spacial score (nSPS) is 16.9. The average Bonchev–Trinajstić information content (AvgIpc) is 3.07. The third-order valence-corrected chi connectivity index (χ3v) is 4.39. The second-order valence-corrected chi connectivity index (χ2v) is 6.94. The van der Waals surface area contributed by atoms with Crippen LogP contribution in [0.15, 0.2) is 29.3 Å². The van der Waals surface area contributed by atoms with Gasteiger partial charge < -0.3 is 20.3 Å². The molecule has 1 amide bonds. The van der Waals surface area contributed by atoms with Gasteiger partial charge in [-0.2, -0.15) is 0 Å². The number of hydrogen-bond donors (Lipinski definition) is 2. The van der Waals surface area contributed by atoms with Crippen molar-refractivity contribution in [1.29, 1.82) is 0 Å². The van der Waals surface area contributed by atoms with Crippen molar-refractivity contribution in [3.63, 3.8) is 0 Å². The molecular formula is C20H33IN4O2. The van der Waals surface area contributed by atoms with Crippen molar-refractivity contribution in [2.45, 2.75) is 40.2 Å². The van der Waals surface area contributed by atoms with Gasteiger partial charge in [-0.1, -0.05) is 32.0 Å². The SMILES string of the molecule is CCNC(=NCCOc1ccccc1C)NC1CCN(C(=O)C(C)C)C1.I. The first-order valence-corrected chi connectivity index (χ1v) is 9.53. The van der Waals surface area contributed by atoms with E-state index in [2.05, 4.69) is 15.6 Å². The van der Waals surface area contributed by atoms with E-state index >= 15 is 0 Å². The summed E-state index contributed by atoms with van der Waals surface area (Å²) in [6, 6.07) is 8.23. The van der Waals surface area contributed by atoms with E-state index in [1.54, 1.807) is 0 Å². The lowest BCUT2D eigenvalue weighted by atomic mass is 10.2. The van der Waals surface area contributed by atoms with Crippen LogP contribution in [-0.2, 0) is 4.79 Å². The first-order chi connectivity index (χ1) is 12.5. The Morgan fingerprint density at radius 1 is 1.37 bits per heavy atom. The molecule has 27 heavy (non-hydrogen) atoms. The summed E-state index contributed by atoms with van der Waals surface area (Å²) in [5.41, 5.74) is 1.13. The Bertz CT molecular complexity index is 622. The molecule has 2 rings (SSSR count). The summed E-state index contributed by atoms with van der Waals surface area (Å²) in [5.74, 6) is 1.96. The second-order valence-electron chi connectivity index (χ2n) is 6.94. The van der Waals surface area contributed by atoms with Gasteiger partial charge in [0, 0.05) is 31.6 Å². The first kappa shape index (κ1) is 23.5. The van der Waals surface area contributed by atoms with Crippen LogP contribution in [0.4, 0.5) is 0 Å². The molecule has 1 atom stereocenters. The van der Waals surface area contributed by atoms with Crippen LogP contribution in [0.25, 0.3) is 0 Å². The predicted octanol–water partition coefficient (Wildman–Crippen LogP) is 2.80. The highest BCUT2D eigenvalue weighted by Crippen LogP contribution is 2.16. The number of para-hydroxylation sites is 1. The third-order valence-electron chi connectivity index (χ3n) is 4.39. The van der Waals surface area contributed by atoms with E-state index in [-0.39, 0.29) is 41.8 Å². The molecule has 1 aromatic carbocycles. The molecule has 7 heteroatoms. The van der Waals surface area contributed by atoms with Gasteiger partial charge in [0.1, 0.15) is 12.4 Å². The minimum absolute atomic E-state index is 0. The molecule has 0 bridgehead atoms. The molecule has 1 heterocycles. The predicted molar refractivity (Wildman–Crippen MR) is 121 cm³/mol. The fourth-order valence-electron chi connectivity index (χ4n) is 2.99. The molecule has 0 radical (unpaired) electrons. The molecule has 1 aliphatic rings. The highest BCUT2D eigenvalue weighted by molar-refractivity contribution is 14.0. The maximum atomic E-state index is 12.1. The number of nitrogens with zero attached hydrogens (tertiary/aromatic N) is 2. The van der Waals surface area contributed by atoms with Crippen LogP contribution < -0.4 is 15.4 Å². The number of carbonyl (C=O) groups is 1. The topological polar surface area (TPSA) is 66.0 Å². The minimum atomic E-state index is 0. The lowest BCUT2D eigenvalue weighted by Gasteiger charge is -2.20. The van der Waals surface area contributed by atoms with E-state index in [1.165, 1.54) is 0 Å². The number of carbonyl (C=O) groups excluding carboxylic acids is 1. The number of halogens is 1. The maximum absolute atomic E-state index is 12.1. The van der Waals surface area contributed by atoms with Gasteiger partial charge in [0.25, 0.3) is 0 Å². The molecule has 2 N–H and O–H groups in total. The zero-order valence-corrected chi connectivity index (χ0v) is 19.2. The minimum Gasteiger partial charge on any atom is -0.491 e. The number of likely N-dealkylation sites (tertiary alicyclic amines) is 1. The Morgan fingerprint density at radius 3 is 2.78 bits per heavy atom. The number of rotatable bonds is 7. The van der Waals surface area contributed by atoms with Crippen LogP contribution >= 0.6 is 24.0 Å². The van der Waals surface area contributed by atoms with E-state index in [9.17, 15) is 4.79 Å². The van der Waals surface area contributed by atoms with Crippen LogP contribution in [0.5, 0.6) is 5.75 Å². The molecule has 0 saturated carbocycles. The molecule has 1 aliphatic heterocycles. The van der Waals surface area contributed by atoms with Gasteiger partial charge in [0.05, 0.1) is 6.54 Å². The zero-order chi connectivity index (χ0) is 18.9. The van der Waals surface area contributed by atoms with Crippen molar-refractivity contribution < 1.29 is 9.53 Å². The fourth-order valence-corrected chi connectivity index (χ4v) is 2.99. The smallest absolute Gasteiger partial charge is 0.225 e. The van der Waals surface area contributed by atoms with Gasteiger partial charge in [-0.05, 0) is 31.9 Å². The van der Waals surface area contributed by atoms with Crippen molar-refractivity contribution in [2.75, 3.05) is 32.8 Å². The molecule has 1 saturated heterocycles. The molecule has 0 aromatic heterocycles. The summed E-state index contributed by atoms with van der Waals surface area (Å²) in [5, 5.41) is 6.71. The molecule has 152 valence electrons. The largest absolute Gasteiger partial charge is 0.491 e. The molecule has 1 unspecified atom stereocenters. The summed E-state index contributed by atoms with van der Waals surface area (Å²) in [4.78, 5) is 18.6. The zero-order valence-electron chi connectivity index (χ0n) is 16.8. The standard InChI is InChI=1S/C20H32N4O2.HI/c1-5-21-20(22-11-13-26-18-9-7-6-8-16(18)4)23-17-10-12-24(14-17)19(25)15(2)3;/h6-9,15,17H,5,10-14H2,1-4H3,(H2,21,22,23);1H. The van der Waals surface area contributed by atoms with E-state index in [4.69, 9.17) is 4.74 Å². The molecule has 1 fully saturated rings. The van der Waals surface area contributed by atoms with E-state index in [0.29, 0.717) is 13.2 Å². The van der Waals surface area contributed by atoms with E-state index in [0.717, 1.165) is 43.3 Å². The number of aryl methyl sites for hydroxylation is 1. The Morgan fingerprint density at radius 2 is 2.11 bits per heavy atom. The van der Waals surface area contributed by atoms with Crippen molar-refractivity contribution in [3.05, 3.63) is 29.8 Å². The molecule has 1 aromatic rings. The average molecular weight is 488 g/mol. The highest BCUT2D eigenvalue weighted by atomic mass is 127. The second kappa shape index (κ2) is 12.0. The van der Waals surface area contributed by atoms with Crippen LogP contribution in [0.2, 0.25) is 0 Å². The van der Waals surface area contributed by atoms with Crippen LogP contribution in [0.3, 0.4) is 0 Å². The Labute approximate surface area is 180 Å². The highest BCUT2D eigenvalue weighted by Gasteiger charge is 2.27. The number of amides is 1. The number of benzene rings is 1. The van der Waals surface area contributed by atoms with Crippen molar-refractivity contribution in [2.24, 2.45) is 10.9 Å². The summed E-state index contributed by atoms with van der Waals surface area (Å²) in [6.07, 6.45) is 0.947. The number of guanidine groups is 1. The quantitative estimate of drug-likeness (QED) is 0.268. The van der Waals surface area contributed by atoms with Gasteiger partial charge in [0.2, 0.25) is 5.91 Å². The van der Waals surface area contributed by atoms with Crippen LogP contribution in [-0.4, -0.2) is 55.6 Å². The number of aliphatic imine (C=N–C) groups is 1. The van der Waals surface area contributed by atoms with Gasteiger partial charge in [-0.3, -0.25) is 4.79 Å². The lowest BCUT2D eigenvalue weighted by molar-refractivity contribution is -0.133. The summed E-state index contributed by atoms with van der Waals surface area (Å²) >= 11 is 0. The van der Waals surface area contributed by atoms with Crippen LogP contribution in [0.1, 0.15) is 32.8 Å².